The van der Waals surface area contributed by atoms with Crippen LogP contribution in [0.15, 0.2) is 67.2 Å². The van der Waals surface area contributed by atoms with E-state index < -0.39 is 10.0 Å². The smallest absolute Gasteiger partial charge is 0.253 e. The molecule has 0 radical (unpaired) electrons. The molecule has 0 fully saturated rings. The van der Waals surface area contributed by atoms with Gasteiger partial charge in [-0.25, -0.2) is 8.42 Å². The first kappa shape index (κ1) is 19.2. The van der Waals surface area contributed by atoms with E-state index in [1.54, 1.807) is 24.3 Å². The Morgan fingerprint density at radius 2 is 1.92 bits per heavy atom. The Labute approximate surface area is 165 Å². The molecule has 0 bridgehead atoms. The molecule has 5 nitrogen and oxygen atoms in total. The molecule has 0 saturated heterocycles. The molecule has 1 aromatic carbocycles. The quantitative estimate of drug-likeness (QED) is 0.484. The third-order valence-corrected chi connectivity index (χ3v) is 7.56. The predicted octanol–water partition coefficient (Wildman–Crippen LogP) is 4.89. The second-order valence-corrected chi connectivity index (χ2v) is 10.1. The minimum Gasteiger partial charge on any atom is -0.494 e. The number of para-hydroxylation sites is 1. The molecule has 0 amide bonds. The predicted molar refractivity (Wildman–Crippen MR) is 105 cm³/mol. The Bertz CT molecular complexity index is 951. The van der Waals surface area contributed by atoms with E-state index >= 15 is 0 Å². The van der Waals surface area contributed by atoms with Crippen LogP contribution < -0.4 is 4.74 Å². The van der Waals surface area contributed by atoms with Gasteiger partial charge in [0.15, 0.2) is 0 Å². The molecule has 0 atom stereocenters. The maximum absolute atomic E-state index is 13.2. The number of hydrogen-bond donors (Lipinski definition) is 0. The normalized spacial score (nSPS) is 11.8. The highest BCUT2D eigenvalue weighted by atomic mass is 79.9. The maximum Gasteiger partial charge on any atom is 0.253 e. The van der Waals surface area contributed by atoms with E-state index in [9.17, 15) is 8.42 Å². The van der Waals surface area contributed by atoms with Crippen LogP contribution in [-0.4, -0.2) is 19.3 Å². The third-order valence-electron chi connectivity index (χ3n) is 3.67. The van der Waals surface area contributed by atoms with E-state index in [2.05, 4.69) is 15.9 Å². The van der Waals surface area contributed by atoms with Gasteiger partial charge in [-0.15, -0.1) is 11.3 Å². The van der Waals surface area contributed by atoms with Crippen molar-refractivity contribution in [3.05, 3.63) is 69.9 Å². The van der Waals surface area contributed by atoms with Crippen molar-refractivity contribution < 1.29 is 17.6 Å². The van der Waals surface area contributed by atoms with Gasteiger partial charge in [0.05, 0.1) is 23.2 Å². The molecule has 3 rings (SSSR count). The van der Waals surface area contributed by atoms with Gasteiger partial charge in [-0.3, -0.25) is 0 Å². The first-order valence-corrected chi connectivity index (χ1v) is 11.0. The van der Waals surface area contributed by atoms with Crippen molar-refractivity contribution in [1.29, 1.82) is 0 Å². The number of thiophene rings is 1. The van der Waals surface area contributed by atoms with Gasteiger partial charge in [-0.1, -0.05) is 18.2 Å². The zero-order valence-corrected chi connectivity index (χ0v) is 17.3. The molecular formula is C18H18BrNO4S2. The minimum atomic E-state index is -3.68. The van der Waals surface area contributed by atoms with Crippen molar-refractivity contribution in [2.75, 3.05) is 6.61 Å². The number of hydrogen-bond acceptors (Lipinski definition) is 5. The first-order chi connectivity index (χ1) is 12.5. The summed E-state index contributed by atoms with van der Waals surface area (Å²) in [4.78, 5) is 0. The van der Waals surface area contributed by atoms with Gasteiger partial charge >= 0.3 is 0 Å². The Hall–Kier alpha value is -1.61. The minimum absolute atomic E-state index is 0.144. The number of benzene rings is 1. The summed E-state index contributed by atoms with van der Waals surface area (Å²) < 4.78 is 39.8. The van der Waals surface area contributed by atoms with Crippen molar-refractivity contribution in [1.82, 2.24) is 4.31 Å². The lowest BCUT2D eigenvalue weighted by atomic mass is 10.2. The van der Waals surface area contributed by atoms with Crippen LogP contribution in [0.1, 0.15) is 18.2 Å². The molecule has 0 aliphatic carbocycles. The fourth-order valence-corrected chi connectivity index (χ4v) is 6.04. The number of halogens is 1. The van der Waals surface area contributed by atoms with E-state index in [-0.39, 0.29) is 17.3 Å². The highest BCUT2D eigenvalue weighted by Gasteiger charge is 2.28. The zero-order chi connectivity index (χ0) is 18.6. The lowest BCUT2D eigenvalue weighted by Crippen LogP contribution is -2.29. The lowest BCUT2D eigenvalue weighted by Gasteiger charge is -2.22. The number of sulfonamides is 1. The van der Waals surface area contributed by atoms with Gasteiger partial charge in [0, 0.05) is 12.1 Å². The van der Waals surface area contributed by atoms with Crippen molar-refractivity contribution >= 4 is 37.3 Å². The van der Waals surface area contributed by atoms with E-state index in [0.29, 0.717) is 18.1 Å². The van der Waals surface area contributed by atoms with Crippen LogP contribution in [-0.2, 0) is 23.1 Å². The molecule has 0 saturated carbocycles. The third kappa shape index (κ3) is 4.37. The molecular weight excluding hydrogens is 438 g/mol. The van der Waals surface area contributed by atoms with Crippen molar-refractivity contribution in [3.63, 3.8) is 0 Å². The van der Waals surface area contributed by atoms with Crippen molar-refractivity contribution in [2.45, 2.75) is 24.2 Å². The SMILES string of the molecule is CCOc1ccccc1CN(Cc1ccco1)S(=O)(=O)c1ccc(Br)s1. The van der Waals surface area contributed by atoms with Gasteiger partial charge in [0.25, 0.3) is 10.0 Å². The number of nitrogens with zero attached hydrogens (tertiary/aromatic N) is 1. The van der Waals surface area contributed by atoms with Crippen LogP contribution in [0.5, 0.6) is 5.75 Å². The Morgan fingerprint density at radius 3 is 2.58 bits per heavy atom. The van der Waals surface area contributed by atoms with E-state index in [0.717, 1.165) is 9.35 Å². The zero-order valence-electron chi connectivity index (χ0n) is 14.1. The number of ether oxygens (including phenoxy) is 1. The van der Waals surface area contributed by atoms with Crippen LogP contribution in [0.4, 0.5) is 0 Å². The molecule has 2 heterocycles. The fourth-order valence-electron chi connectivity index (χ4n) is 2.49. The lowest BCUT2D eigenvalue weighted by molar-refractivity contribution is 0.321. The number of rotatable bonds is 8. The Kier molecular flexibility index (Phi) is 6.18. The summed E-state index contributed by atoms with van der Waals surface area (Å²) in [7, 11) is -3.68. The molecule has 8 heteroatoms. The second-order valence-electron chi connectivity index (χ2n) is 5.45. The maximum atomic E-state index is 13.2. The summed E-state index contributed by atoms with van der Waals surface area (Å²) in [6, 6.07) is 14.3. The van der Waals surface area contributed by atoms with Crippen LogP contribution >= 0.6 is 27.3 Å². The standard InChI is InChI=1S/C18H18BrNO4S2/c1-2-23-16-8-4-3-6-14(16)12-20(13-15-7-5-11-24-15)26(21,22)18-10-9-17(19)25-18/h3-11H,2,12-13H2,1H3. The fraction of sp³-hybridized carbons (Fsp3) is 0.222. The molecule has 26 heavy (non-hydrogen) atoms. The number of furan rings is 1. The summed E-state index contributed by atoms with van der Waals surface area (Å²) in [6.45, 7) is 2.75. The second kappa shape index (κ2) is 8.39. The molecule has 138 valence electrons. The Balaban J connectivity index is 1.96. The average Bonchev–Trinajstić information content (AvgIpc) is 3.28. The molecule has 3 aromatic rings. The highest BCUT2D eigenvalue weighted by Crippen LogP contribution is 2.31. The summed E-state index contributed by atoms with van der Waals surface area (Å²) in [6.07, 6.45) is 1.54. The molecule has 0 aliphatic rings. The van der Waals surface area contributed by atoms with Gasteiger partial charge < -0.3 is 9.15 Å². The molecule has 0 aliphatic heterocycles. The molecule has 2 aromatic heterocycles. The van der Waals surface area contributed by atoms with E-state index in [1.165, 1.54) is 21.9 Å². The summed E-state index contributed by atoms with van der Waals surface area (Å²) in [5, 5.41) is 0. The summed E-state index contributed by atoms with van der Waals surface area (Å²) in [5.74, 6) is 1.26. The van der Waals surface area contributed by atoms with Gasteiger partial charge in [-0.2, -0.15) is 4.31 Å². The van der Waals surface area contributed by atoms with Gasteiger partial charge in [0.2, 0.25) is 0 Å². The molecule has 0 N–H and O–H groups in total. The summed E-state index contributed by atoms with van der Waals surface area (Å²) >= 11 is 4.52. The van der Waals surface area contributed by atoms with Crippen LogP contribution in [0.2, 0.25) is 0 Å². The van der Waals surface area contributed by atoms with Crippen molar-refractivity contribution in [3.8, 4) is 5.75 Å². The van der Waals surface area contributed by atoms with Crippen LogP contribution in [0.3, 0.4) is 0 Å². The Morgan fingerprint density at radius 1 is 1.12 bits per heavy atom. The van der Waals surface area contributed by atoms with Gasteiger partial charge in [0.1, 0.15) is 15.7 Å². The first-order valence-electron chi connectivity index (χ1n) is 7.99. The van der Waals surface area contributed by atoms with E-state index in [1.807, 2.05) is 31.2 Å². The van der Waals surface area contributed by atoms with E-state index in [4.69, 9.17) is 9.15 Å². The molecule has 0 unspecified atom stereocenters. The monoisotopic (exact) mass is 455 g/mol. The summed E-state index contributed by atoms with van der Waals surface area (Å²) in [5.41, 5.74) is 0.806. The van der Waals surface area contributed by atoms with Crippen LogP contribution in [0.25, 0.3) is 0 Å². The average molecular weight is 456 g/mol. The molecule has 0 spiro atoms. The topological polar surface area (TPSA) is 59.8 Å². The van der Waals surface area contributed by atoms with Crippen LogP contribution in [0, 0.1) is 0 Å². The highest BCUT2D eigenvalue weighted by molar-refractivity contribution is 9.11. The van der Waals surface area contributed by atoms with Gasteiger partial charge in [-0.05, 0) is 53.2 Å². The van der Waals surface area contributed by atoms with Crippen molar-refractivity contribution in [2.24, 2.45) is 0 Å². The largest absolute Gasteiger partial charge is 0.494 e.